The summed E-state index contributed by atoms with van der Waals surface area (Å²) >= 11 is 12.7. The van der Waals surface area contributed by atoms with Crippen LogP contribution in [0.4, 0.5) is 0 Å². The highest BCUT2D eigenvalue weighted by atomic mass is 32.1. The van der Waals surface area contributed by atoms with Gasteiger partial charge in [-0.25, -0.2) is 69.8 Å². The molecule has 2 aliphatic heterocycles. The zero-order valence-electron chi connectivity index (χ0n) is 40.4. The molecule has 0 aliphatic carbocycles. The fraction of sp³-hybridized carbons (Fsp3) is 0. The van der Waals surface area contributed by atoms with Crippen LogP contribution in [0.2, 0.25) is 0 Å². The molecule has 2 aliphatic rings. The molecule has 15 aromatic heterocycles. The summed E-state index contributed by atoms with van der Waals surface area (Å²) in [7, 11) is 0. The van der Waals surface area contributed by atoms with Crippen molar-refractivity contribution < 1.29 is 0 Å². The van der Waals surface area contributed by atoms with Crippen LogP contribution < -0.4 is 0 Å². The lowest BCUT2D eigenvalue weighted by Crippen LogP contribution is -1.98. The molecule has 378 valence electrons. The molecule has 17 heterocycles. The van der Waals surface area contributed by atoms with Crippen LogP contribution in [0.5, 0.6) is 0 Å². The van der Waals surface area contributed by atoms with Gasteiger partial charge in [-0.15, -0.1) is 0 Å². The first-order valence-electron chi connectivity index (χ1n) is 24.3. The summed E-state index contributed by atoms with van der Waals surface area (Å²) in [6.45, 7) is 0. The molecule has 80 heavy (non-hydrogen) atoms. The molecule has 0 amide bonds. The van der Waals surface area contributed by atoms with E-state index in [2.05, 4.69) is 53.0 Å². The van der Waals surface area contributed by atoms with E-state index in [1.807, 2.05) is 91.6 Å². The molecule has 8 bridgehead atoms. The first-order valence-corrected chi connectivity index (χ1v) is 31.9. The molecule has 0 unspecified atom stereocenters. The van der Waals surface area contributed by atoms with E-state index >= 15 is 0 Å². The Balaban J connectivity index is 1.05. The van der Waals surface area contributed by atoms with Crippen molar-refractivity contribution in [1.82, 2.24) is 79.7 Å². The Morgan fingerprint density at radius 1 is 0.200 bits per heavy atom. The number of nitrogens with one attached hydrogen (secondary N) is 2. The first-order chi connectivity index (χ1) is 39.6. The van der Waals surface area contributed by atoms with Gasteiger partial charge in [0.25, 0.3) is 0 Å². The molecule has 0 spiro atoms. The average Bonchev–Trinajstić information content (AvgIpc) is 4.49. The highest BCUT2D eigenvalue weighted by molar-refractivity contribution is 7.10. The third-order valence-electron chi connectivity index (χ3n) is 13.5. The Bertz CT molecular complexity index is 4420. The SMILES string of the molecule is c1cc(-c2nc3c(nc2-c2ccsc2)-c2nc-3nc3[nH]c(nc4nc(nc5[nH]c(n2)c2nc(-c6ccsc6)c(-c6ccsc6)nc52)-c2nc(-c5ccsc5)c(-c5ccsc5)nc2-4)c2nc(-c4ccsc4)c(-c4ccsc4)nc32)cs1. The quantitative estimate of drug-likeness (QED) is 0.145. The van der Waals surface area contributed by atoms with Gasteiger partial charge in [-0.2, -0.15) is 90.7 Å². The lowest BCUT2D eigenvalue weighted by molar-refractivity contribution is 1.18. The summed E-state index contributed by atoms with van der Waals surface area (Å²) in [5.41, 5.74) is 17.6. The van der Waals surface area contributed by atoms with Gasteiger partial charge in [0.2, 0.25) is 0 Å². The summed E-state index contributed by atoms with van der Waals surface area (Å²) in [6.07, 6.45) is 0. The van der Waals surface area contributed by atoms with Crippen LogP contribution in [0.25, 0.3) is 181 Å². The number of nitrogens with zero attached hydrogens (tertiary/aromatic N) is 14. The lowest BCUT2D eigenvalue weighted by atomic mass is 10.1. The highest BCUT2D eigenvalue weighted by Gasteiger charge is 2.31. The third-order valence-corrected chi connectivity index (χ3v) is 18.9. The van der Waals surface area contributed by atoms with Gasteiger partial charge in [-0.1, -0.05) is 0 Å². The molecule has 15 aromatic rings. The molecular formula is C56H26N16S8. The van der Waals surface area contributed by atoms with Gasteiger partial charge in [0.1, 0.15) is 44.8 Å². The first kappa shape index (κ1) is 46.2. The second-order valence-electron chi connectivity index (χ2n) is 18.2. The minimum Gasteiger partial charge on any atom is -0.321 e. The second kappa shape index (κ2) is 18.4. The van der Waals surface area contributed by atoms with E-state index in [9.17, 15) is 0 Å². The van der Waals surface area contributed by atoms with Gasteiger partial charge in [0, 0.05) is 87.5 Å². The summed E-state index contributed by atoms with van der Waals surface area (Å²) in [5, 5.41) is 32.8. The van der Waals surface area contributed by atoms with E-state index in [4.69, 9.17) is 69.8 Å². The summed E-state index contributed by atoms with van der Waals surface area (Å²) < 4.78 is 0. The lowest BCUT2D eigenvalue weighted by Gasteiger charge is -2.08. The van der Waals surface area contributed by atoms with Crippen molar-refractivity contribution in [2.24, 2.45) is 0 Å². The Hall–Kier alpha value is -8.72. The van der Waals surface area contributed by atoms with Gasteiger partial charge >= 0.3 is 0 Å². The summed E-state index contributed by atoms with van der Waals surface area (Å²) in [6, 6.07) is 16.4. The molecule has 0 aromatic carbocycles. The fourth-order valence-electron chi connectivity index (χ4n) is 9.76. The van der Waals surface area contributed by atoms with Crippen molar-refractivity contribution in [2.75, 3.05) is 0 Å². The molecular weight excluding hydrogens is 1150 g/mol. The van der Waals surface area contributed by atoms with E-state index in [-0.39, 0.29) is 23.3 Å². The van der Waals surface area contributed by atoms with Crippen molar-refractivity contribution in [3.8, 4) is 136 Å². The van der Waals surface area contributed by atoms with Crippen LogP contribution in [-0.4, -0.2) is 79.7 Å². The molecule has 17 rings (SSSR count). The predicted octanol–water partition coefficient (Wildman–Crippen LogP) is 15.9. The predicted molar refractivity (Wildman–Crippen MR) is 325 cm³/mol. The van der Waals surface area contributed by atoms with Crippen molar-refractivity contribution in [2.45, 2.75) is 0 Å². The van der Waals surface area contributed by atoms with Crippen LogP contribution in [0, 0.1) is 0 Å². The maximum Gasteiger partial charge on any atom is 0.184 e. The van der Waals surface area contributed by atoms with Crippen molar-refractivity contribution >= 4 is 135 Å². The van der Waals surface area contributed by atoms with Crippen molar-refractivity contribution in [1.29, 1.82) is 0 Å². The minimum absolute atomic E-state index is 0.249. The molecule has 0 radical (unpaired) electrons. The molecule has 0 atom stereocenters. The van der Waals surface area contributed by atoms with E-state index < -0.39 is 0 Å². The molecule has 2 N–H and O–H groups in total. The Morgan fingerprint density at radius 2 is 0.388 bits per heavy atom. The van der Waals surface area contributed by atoms with Crippen molar-refractivity contribution in [3.05, 3.63) is 135 Å². The molecule has 24 heteroatoms. The van der Waals surface area contributed by atoms with E-state index in [1.54, 1.807) is 90.7 Å². The van der Waals surface area contributed by atoms with E-state index in [0.29, 0.717) is 113 Å². The van der Waals surface area contributed by atoms with Crippen LogP contribution >= 0.6 is 90.7 Å². The van der Waals surface area contributed by atoms with E-state index in [0.717, 1.165) is 44.5 Å². The summed E-state index contributed by atoms with van der Waals surface area (Å²) in [4.78, 5) is 82.6. The van der Waals surface area contributed by atoms with Gasteiger partial charge in [-0.3, -0.25) is 0 Å². The molecule has 16 nitrogen and oxygen atoms in total. The number of aromatic nitrogens is 16. The maximum absolute atomic E-state index is 5.44. The van der Waals surface area contributed by atoms with E-state index in [1.165, 1.54) is 0 Å². The molecule has 0 fully saturated rings. The molecule has 0 saturated carbocycles. The standard InChI is InChI=1S/C56H26N16S8/c1-9-73-17-25(1)33-34(26-2-10-74-18-26)58-42-41(57-33)49-65-50(42)70-52-45-46(62-38(30-6-14-78-22-30)37(61-45)29-5-13-77-21-29)54(67-52)72-56-48-47(63-39(31-7-15-79-23-31)40(64-48)32-8-16-80-24-32)55(68-56)71-53-44-43(51(66-53)69-49)59-35(27-3-11-75-19-27)36(60-44)28-4-12-76-20-28/h1-24H,(H2,65,66,67,68,69,70,71,72). The highest BCUT2D eigenvalue weighted by Crippen LogP contribution is 2.44. The topological polar surface area (TPSA) is 212 Å². The van der Waals surface area contributed by atoms with Gasteiger partial charge in [0.05, 0.1) is 45.6 Å². The maximum atomic E-state index is 5.44. The normalized spacial score (nSPS) is 12.0. The average molecular weight is 1180 g/mol. The number of fused-ring (bicyclic) bond motifs is 20. The number of hydrogen-bond acceptors (Lipinski definition) is 22. The van der Waals surface area contributed by atoms with Gasteiger partial charge < -0.3 is 9.97 Å². The Morgan fingerprint density at radius 3 is 0.562 bits per heavy atom. The minimum atomic E-state index is 0.249. The Kier molecular flexibility index (Phi) is 10.6. The number of aromatic amines is 2. The smallest absolute Gasteiger partial charge is 0.184 e. The van der Waals surface area contributed by atoms with Crippen LogP contribution in [-0.2, 0) is 0 Å². The molecule has 0 saturated heterocycles. The largest absolute Gasteiger partial charge is 0.321 e. The second-order valence-corrected chi connectivity index (χ2v) is 24.4. The van der Waals surface area contributed by atoms with Gasteiger partial charge in [0.15, 0.2) is 45.9 Å². The third kappa shape index (κ3) is 7.52. The van der Waals surface area contributed by atoms with Crippen molar-refractivity contribution in [3.63, 3.8) is 0 Å². The zero-order valence-corrected chi connectivity index (χ0v) is 46.9. The number of hydrogen-bond donors (Lipinski definition) is 2. The van der Waals surface area contributed by atoms with Crippen LogP contribution in [0.3, 0.4) is 0 Å². The fourth-order valence-corrected chi connectivity index (χ4v) is 14.9. The number of rotatable bonds is 8. The monoisotopic (exact) mass is 1180 g/mol. The number of H-pyrrole nitrogens is 2. The summed E-state index contributed by atoms with van der Waals surface area (Å²) in [5.74, 6) is 0.997. The number of thiophene rings is 8. The van der Waals surface area contributed by atoms with Gasteiger partial charge in [-0.05, 0) is 91.6 Å². The van der Waals surface area contributed by atoms with Crippen LogP contribution in [0.15, 0.2) is 135 Å². The van der Waals surface area contributed by atoms with Crippen LogP contribution in [0.1, 0.15) is 0 Å². The Labute approximate surface area is 481 Å². The zero-order chi connectivity index (χ0) is 52.4.